The van der Waals surface area contributed by atoms with Gasteiger partial charge in [-0.05, 0) is 32.1 Å². The highest BCUT2D eigenvalue weighted by Gasteiger charge is 2.36. The van der Waals surface area contributed by atoms with Crippen LogP contribution in [0.15, 0.2) is 0 Å². The molecule has 16 heavy (non-hydrogen) atoms. The minimum Gasteiger partial charge on any atom is -0.299 e. The molecule has 2 aliphatic rings. The Kier molecular flexibility index (Phi) is 4.55. The highest BCUT2D eigenvalue weighted by molar-refractivity contribution is 6.25. The molecule has 0 amide bonds. The van der Waals surface area contributed by atoms with Gasteiger partial charge in [-0.1, -0.05) is 19.3 Å². The van der Waals surface area contributed by atoms with Gasteiger partial charge in [0.15, 0.2) is 0 Å². The molecule has 2 saturated carbocycles. The Hall–Kier alpha value is 0.250. The average Bonchev–Trinajstić information content (AvgIpc) is 2.29. The van der Waals surface area contributed by atoms with E-state index in [2.05, 4.69) is 0 Å². The zero-order chi connectivity index (χ0) is 11.5. The summed E-state index contributed by atoms with van der Waals surface area (Å²) in [6.07, 6.45) is 8.55. The molecule has 0 aromatic heterocycles. The molecule has 0 radical (unpaired) electrons. The first-order valence-corrected chi connectivity index (χ1v) is 7.37. The summed E-state index contributed by atoms with van der Waals surface area (Å²) in [7, 11) is 0. The van der Waals surface area contributed by atoms with Gasteiger partial charge in [-0.15, -0.1) is 23.2 Å². The average molecular weight is 263 g/mol. The predicted octanol–water partition coefficient (Wildman–Crippen LogP) is 4.15. The third kappa shape index (κ3) is 2.92. The van der Waals surface area contributed by atoms with Crippen molar-refractivity contribution in [3.8, 4) is 0 Å². The van der Waals surface area contributed by atoms with Crippen LogP contribution in [0, 0.1) is 11.8 Å². The fourth-order valence-electron chi connectivity index (χ4n) is 3.08. The number of ketones is 1. The minimum absolute atomic E-state index is 0.0225. The Bertz CT molecular complexity index is 248. The summed E-state index contributed by atoms with van der Waals surface area (Å²) in [5.74, 6) is 0.815. The molecule has 3 heteroatoms. The van der Waals surface area contributed by atoms with E-state index >= 15 is 0 Å². The first kappa shape index (κ1) is 12.7. The molecule has 0 aromatic carbocycles. The maximum absolute atomic E-state index is 12.3. The van der Waals surface area contributed by atoms with Crippen LogP contribution in [0.2, 0.25) is 0 Å². The fourth-order valence-corrected chi connectivity index (χ4v) is 3.95. The van der Waals surface area contributed by atoms with E-state index < -0.39 is 0 Å². The van der Waals surface area contributed by atoms with Gasteiger partial charge in [-0.2, -0.15) is 0 Å². The summed E-state index contributed by atoms with van der Waals surface area (Å²) in [4.78, 5) is 12.3. The van der Waals surface area contributed by atoms with Gasteiger partial charge < -0.3 is 0 Å². The third-order valence-corrected chi connectivity index (χ3v) is 4.96. The van der Waals surface area contributed by atoms with E-state index in [0.717, 1.165) is 32.1 Å². The zero-order valence-electron chi connectivity index (χ0n) is 9.63. The SMILES string of the molecule is O=C(C1CCCCC1)C1CCC(Cl)CC1Cl. The monoisotopic (exact) mass is 262 g/mol. The molecule has 0 spiro atoms. The number of rotatable bonds is 2. The lowest BCUT2D eigenvalue weighted by Gasteiger charge is -2.32. The van der Waals surface area contributed by atoms with Crippen LogP contribution < -0.4 is 0 Å². The summed E-state index contributed by atoms with van der Waals surface area (Å²) in [5.41, 5.74) is 0. The Morgan fingerprint density at radius 3 is 2.25 bits per heavy atom. The van der Waals surface area contributed by atoms with Crippen molar-refractivity contribution in [2.75, 3.05) is 0 Å². The van der Waals surface area contributed by atoms with E-state index in [1.165, 1.54) is 19.3 Å². The van der Waals surface area contributed by atoms with Crippen molar-refractivity contribution in [3.05, 3.63) is 0 Å². The second-order valence-electron chi connectivity index (χ2n) is 5.27. The summed E-state index contributed by atoms with van der Waals surface area (Å²) < 4.78 is 0. The summed E-state index contributed by atoms with van der Waals surface area (Å²) >= 11 is 12.4. The van der Waals surface area contributed by atoms with Crippen molar-refractivity contribution in [3.63, 3.8) is 0 Å². The molecule has 2 rings (SSSR count). The number of Topliss-reactive ketones (excluding diaryl/α,β-unsaturated/α-hetero) is 1. The second kappa shape index (κ2) is 5.73. The van der Waals surface area contributed by atoms with Crippen LogP contribution in [-0.2, 0) is 4.79 Å². The van der Waals surface area contributed by atoms with E-state index in [1.807, 2.05) is 0 Å². The van der Waals surface area contributed by atoms with Crippen LogP contribution in [0.1, 0.15) is 51.4 Å². The van der Waals surface area contributed by atoms with Gasteiger partial charge >= 0.3 is 0 Å². The van der Waals surface area contributed by atoms with E-state index in [9.17, 15) is 4.79 Å². The maximum atomic E-state index is 12.3. The highest BCUT2D eigenvalue weighted by Crippen LogP contribution is 2.36. The normalized spacial score (nSPS) is 37.2. The van der Waals surface area contributed by atoms with Crippen molar-refractivity contribution < 1.29 is 4.79 Å². The first-order chi connectivity index (χ1) is 7.68. The molecular formula is C13H20Cl2O. The van der Waals surface area contributed by atoms with Gasteiger partial charge in [0.2, 0.25) is 0 Å². The summed E-state index contributed by atoms with van der Waals surface area (Å²) in [6, 6.07) is 0. The molecular weight excluding hydrogens is 243 g/mol. The molecule has 2 fully saturated rings. The van der Waals surface area contributed by atoms with E-state index in [4.69, 9.17) is 23.2 Å². The Morgan fingerprint density at radius 1 is 0.938 bits per heavy atom. The first-order valence-electron chi connectivity index (χ1n) is 6.50. The standard InChI is InChI=1S/C13H20Cl2O/c14-10-6-7-11(12(15)8-10)13(16)9-4-2-1-3-5-9/h9-12H,1-8H2. The van der Waals surface area contributed by atoms with Crippen molar-refractivity contribution in [2.45, 2.75) is 62.1 Å². The number of carbonyl (C=O) groups excluding carboxylic acids is 1. The Labute approximate surface area is 108 Å². The lowest BCUT2D eigenvalue weighted by Crippen LogP contribution is -2.36. The molecule has 1 nitrogen and oxygen atoms in total. The quantitative estimate of drug-likeness (QED) is 0.684. The molecule has 0 saturated heterocycles. The van der Waals surface area contributed by atoms with Crippen molar-refractivity contribution in [2.24, 2.45) is 11.8 Å². The molecule has 3 unspecified atom stereocenters. The Morgan fingerprint density at radius 2 is 1.62 bits per heavy atom. The van der Waals surface area contributed by atoms with Crippen LogP contribution in [0.4, 0.5) is 0 Å². The van der Waals surface area contributed by atoms with E-state index in [0.29, 0.717) is 11.7 Å². The molecule has 92 valence electrons. The van der Waals surface area contributed by atoms with Gasteiger partial charge in [0.1, 0.15) is 5.78 Å². The van der Waals surface area contributed by atoms with Crippen LogP contribution in [0.3, 0.4) is 0 Å². The third-order valence-electron chi connectivity index (χ3n) is 4.08. The molecule has 0 N–H and O–H groups in total. The van der Waals surface area contributed by atoms with Crippen LogP contribution >= 0.6 is 23.2 Å². The predicted molar refractivity (Wildman–Crippen MR) is 68.2 cm³/mol. The lowest BCUT2D eigenvalue weighted by atomic mass is 9.76. The molecule has 0 aromatic rings. The number of hydrogen-bond donors (Lipinski definition) is 0. The highest BCUT2D eigenvalue weighted by atomic mass is 35.5. The minimum atomic E-state index is -0.0225. The Balaban J connectivity index is 1.92. The van der Waals surface area contributed by atoms with E-state index in [-0.39, 0.29) is 16.7 Å². The number of alkyl halides is 2. The smallest absolute Gasteiger partial charge is 0.140 e. The number of hydrogen-bond acceptors (Lipinski definition) is 1. The second-order valence-corrected chi connectivity index (χ2v) is 6.45. The van der Waals surface area contributed by atoms with E-state index in [1.54, 1.807) is 0 Å². The summed E-state index contributed by atoms with van der Waals surface area (Å²) in [6.45, 7) is 0. The molecule has 2 aliphatic carbocycles. The van der Waals surface area contributed by atoms with Gasteiger partial charge in [0, 0.05) is 22.6 Å². The van der Waals surface area contributed by atoms with Crippen molar-refractivity contribution >= 4 is 29.0 Å². The van der Waals surface area contributed by atoms with Gasteiger partial charge in [0.25, 0.3) is 0 Å². The summed E-state index contributed by atoms with van der Waals surface area (Å²) in [5, 5.41) is 0.156. The van der Waals surface area contributed by atoms with Gasteiger partial charge in [-0.25, -0.2) is 0 Å². The largest absolute Gasteiger partial charge is 0.299 e. The molecule has 0 aliphatic heterocycles. The topological polar surface area (TPSA) is 17.1 Å². The molecule has 0 heterocycles. The number of carbonyl (C=O) groups is 1. The molecule has 3 atom stereocenters. The van der Waals surface area contributed by atoms with Crippen LogP contribution in [-0.4, -0.2) is 16.5 Å². The van der Waals surface area contributed by atoms with Crippen LogP contribution in [0.5, 0.6) is 0 Å². The van der Waals surface area contributed by atoms with Crippen molar-refractivity contribution in [1.29, 1.82) is 0 Å². The zero-order valence-corrected chi connectivity index (χ0v) is 11.1. The maximum Gasteiger partial charge on any atom is 0.140 e. The van der Waals surface area contributed by atoms with Crippen LogP contribution in [0.25, 0.3) is 0 Å². The number of halogens is 2. The van der Waals surface area contributed by atoms with Gasteiger partial charge in [-0.3, -0.25) is 4.79 Å². The van der Waals surface area contributed by atoms with Gasteiger partial charge in [0.05, 0.1) is 0 Å². The lowest BCUT2D eigenvalue weighted by molar-refractivity contribution is -0.128. The van der Waals surface area contributed by atoms with Crippen molar-refractivity contribution in [1.82, 2.24) is 0 Å². The fraction of sp³-hybridized carbons (Fsp3) is 0.923. The molecule has 0 bridgehead atoms.